The number of benzene rings is 1. The minimum Gasteiger partial charge on any atom is -0.301 e. The molecule has 2 aliphatic rings. The van der Waals surface area contributed by atoms with E-state index in [1.165, 1.54) is 12.8 Å². The molecule has 1 saturated carbocycles. The highest BCUT2D eigenvalue weighted by Gasteiger charge is 2.29. The second-order valence-corrected chi connectivity index (χ2v) is 9.66. The van der Waals surface area contributed by atoms with Gasteiger partial charge >= 0.3 is 0 Å². The summed E-state index contributed by atoms with van der Waals surface area (Å²) in [5, 5.41) is 4.59. The van der Waals surface area contributed by atoms with Gasteiger partial charge in [-0.2, -0.15) is 9.40 Å². The van der Waals surface area contributed by atoms with E-state index < -0.39 is 10.0 Å². The van der Waals surface area contributed by atoms with Crippen LogP contribution in [0.15, 0.2) is 30.3 Å². The van der Waals surface area contributed by atoms with Crippen LogP contribution >= 0.6 is 12.2 Å². The van der Waals surface area contributed by atoms with E-state index >= 15 is 0 Å². The van der Waals surface area contributed by atoms with Crippen LogP contribution in [0.4, 0.5) is 0 Å². The lowest BCUT2D eigenvalue weighted by Crippen LogP contribution is -2.49. The summed E-state index contributed by atoms with van der Waals surface area (Å²) in [7, 11) is -3.29. The van der Waals surface area contributed by atoms with Crippen LogP contribution in [0.1, 0.15) is 30.3 Å². The molecule has 1 saturated heterocycles. The van der Waals surface area contributed by atoms with Crippen molar-refractivity contribution in [3.05, 3.63) is 46.5 Å². The molecule has 27 heavy (non-hydrogen) atoms. The lowest BCUT2D eigenvalue weighted by atomic mass is 10.2. The molecule has 2 heterocycles. The SMILES string of the molecule is Cc1nn(CN2CCN(S(=O)(=O)Cc3ccccc3)CC2)c(=S)n1C1CC1. The predicted molar refractivity (Wildman–Crippen MR) is 106 cm³/mol. The normalized spacial score (nSPS) is 19.4. The van der Waals surface area contributed by atoms with Gasteiger partial charge in [0, 0.05) is 32.2 Å². The van der Waals surface area contributed by atoms with E-state index in [0.29, 0.717) is 38.9 Å². The first-order valence-corrected chi connectivity index (χ1v) is 11.4. The molecular weight excluding hydrogens is 382 g/mol. The van der Waals surface area contributed by atoms with E-state index in [2.05, 4.69) is 14.6 Å². The summed E-state index contributed by atoms with van der Waals surface area (Å²) >= 11 is 5.58. The van der Waals surface area contributed by atoms with Crippen LogP contribution in [0.25, 0.3) is 0 Å². The number of sulfonamides is 1. The van der Waals surface area contributed by atoms with Crippen LogP contribution in [0.5, 0.6) is 0 Å². The molecule has 9 heteroatoms. The van der Waals surface area contributed by atoms with Crippen LogP contribution in [0.3, 0.4) is 0 Å². The van der Waals surface area contributed by atoms with E-state index in [9.17, 15) is 8.42 Å². The van der Waals surface area contributed by atoms with Gasteiger partial charge in [0.25, 0.3) is 0 Å². The number of rotatable bonds is 6. The Bertz CT molecular complexity index is 955. The molecule has 1 aliphatic carbocycles. The highest BCUT2D eigenvalue weighted by Crippen LogP contribution is 2.35. The Hall–Kier alpha value is -1.55. The Morgan fingerprint density at radius 2 is 1.78 bits per heavy atom. The molecule has 1 aromatic heterocycles. The summed E-state index contributed by atoms with van der Waals surface area (Å²) in [5.41, 5.74) is 0.826. The number of aryl methyl sites for hydroxylation is 1. The Morgan fingerprint density at radius 1 is 1.11 bits per heavy atom. The molecule has 2 aromatic rings. The van der Waals surface area contributed by atoms with Gasteiger partial charge in [-0.1, -0.05) is 30.3 Å². The molecule has 1 aliphatic heterocycles. The zero-order valence-electron chi connectivity index (χ0n) is 15.5. The van der Waals surface area contributed by atoms with E-state index in [4.69, 9.17) is 12.2 Å². The molecule has 2 fully saturated rings. The summed E-state index contributed by atoms with van der Waals surface area (Å²) in [6.07, 6.45) is 2.36. The second kappa shape index (κ2) is 7.46. The van der Waals surface area contributed by atoms with Gasteiger partial charge in [-0.3, -0.25) is 4.90 Å². The zero-order chi connectivity index (χ0) is 19.0. The Kier molecular flexibility index (Phi) is 5.19. The molecule has 0 atom stereocenters. The number of aromatic nitrogens is 3. The monoisotopic (exact) mass is 407 g/mol. The van der Waals surface area contributed by atoms with Gasteiger partial charge in [-0.05, 0) is 37.5 Å². The van der Waals surface area contributed by atoms with Crippen molar-refractivity contribution in [2.75, 3.05) is 26.2 Å². The average molecular weight is 408 g/mol. The third kappa shape index (κ3) is 4.16. The first-order valence-electron chi connectivity index (χ1n) is 9.34. The summed E-state index contributed by atoms with van der Waals surface area (Å²) in [6.45, 7) is 5.00. The van der Waals surface area contributed by atoms with Crippen LogP contribution in [0, 0.1) is 11.7 Å². The summed E-state index contributed by atoms with van der Waals surface area (Å²) in [5.74, 6) is 1.02. The maximum atomic E-state index is 12.7. The lowest BCUT2D eigenvalue weighted by molar-refractivity contribution is 0.144. The van der Waals surface area contributed by atoms with Crippen LogP contribution < -0.4 is 0 Å². The minimum atomic E-state index is -3.29. The van der Waals surface area contributed by atoms with Crippen LogP contribution in [0.2, 0.25) is 0 Å². The highest BCUT2D eigenvalue weighted by atomic mass is 32.2. The fourth-order valence-electron chi connectivity index (χ4n) is 3.59. The van der Waals surface area contributed by atoms with Crippen LogP contribution in [-0.2, 0) is 22.4 Å². The molecule has 7 nitrogen and oxygen atoms in total. The van der Waals surface area contributed by atoms with Crippen molar-refractivity contribution in [2.24, 2.45) is 0 Å². The summed E-state index contributed by atoms with van der Waals surface area (Å²) in [6, 6.07) is 9.87. The van der Waals surface area contributed by atoms with Gasteiger partial charge in [0.05, 0.1) is 12.4 Å². The molecule has 0 bridgehead atoms. The first kappa shape index (κ1) is 18.8. The van der Waals surface area contributed by atoms with Crippen LogP contribution in [-0.4, -0.2) is 58.1 Å². The van der Waals surface area contributed by atoms with Crippen molar-refractivity contribution in [2.45, 2.75) is 38.2 Å². The maximum Gasteiger partial charge on any atom is 0.218 e. The molecule has 0 N–H and O–H groups in total. The smallest absolute Gasteiger partial charge is 0.218 e. The third-order valence-electron chi connectivity index (χ3n) is 5.20. The van der Waals surface area contributed by atoms with Gasteiger partial charge in [0.1, 0.15) is 5.82 Å². The van der Waals surface area contributed by atoms with Gasteiger partial charge in [-0.15, -0.1) is 0 Å². The zero-order valence-corrected chi connectivity index (χ0v) is 17.1. The fourth-order valence-corrected chi connectivity index (χ4v) is 5.48. The quantitative estimate of drug-likeness (QED) is 0.687. The van der Waals surface area contributed by atoms with Crippen molar-refractivity contribution < 1.29 is 8.42 Å². The van der Waals surface area contributed by atoms with Crippen molar-refractivity contribution in [1.29, 1.82) is 0 Å². The van der Waals surface area contributed by atoms with Crippen molar-refractivity contribution >= 4 is 22.2 Å². The standard InChI is InChI=1S/C18H25N5O2S2/c1-15-19-22(18(26)23(15)17-7-8-17)14-20-9-11-21(12-10-20)27(24,25)13-16-5-3-2-4-6-16/h2-6,17H,7-14H2,1H3. The van der Waals surface area contributed by atoms with Gasteiger partial charge in [0.15, 0.2) is 4.77 Å². The largest absolute Gasteiger partial charge is 0.301 e. The molecule has 4 rings (SSSR count). The number of nitrogens with zero attached hydrogens (tertiary/aromatic N) is 5. The molecule has 1 aromatic carbocycles. The molecular formula is C18H25N5O2S2. The summed E-state index contributed by atoms with van der Waals surface area (Å²) in [4.78, 5) is 2.22. The van der Waals surface area contributed by atoms with Crippen molar-refractivity contribution in [3.63, 3.8) is 0 Å². The Balaban J connectivity index is 1.36. The lowest BCUT2D eigenvalue weighted by Gasteiger charge is -2.33. The second-order valence-electron chi connectivity index (χ2n) is 7.33. The molecule has 0 amide bonds. The van der Waals surface area contributed by atoms with Crippen molar-refractivity contribution in [3.8, 4) is 0 Å². The van der Waals surface area contributed by atoms with E-state index in [1.807, 2.05) is 41.9 Å². The number of hydrogen-bond acceptors (Lipinski definition) is 5. The Morgan fingerprint density at radius 3 is 2.41 bits per heavy atom. The Labute approximate surface area is 165 Å². The van der Waals surface area contributed by atoms with E-state index in [-0.39, 0.29) is 5.75 Å². The average Bonchev–Trinajstić information content (AvgIpc) is 3.43. The first-order chi connectivity index (χ1) is 12.9. The van der Waals surface area contributed by atoms with E-state index in [1.54, 1.807) is 4.31 Å². The molecule has 0 radical (unpaired) electrons. The summed E-state index contributed by atoms with van der Waals surface area (Å²) < 4.78 is 31.7. The van der Waals surface area contributed by atoms with E-state index in [0.717, 1.165) is 16.2 Å². The minimum absolute atomic E-state index is 0.0594. The third-order valence-corrected chi connectivity index (χ3v) is 7.46. The fraction of sp³-hybridized carbons (Fsp3) is 0.556. The number of hydrogen-bond donors (Lipinski definition) is 0. The number of piperazine rings is 1. The topological polar surface area (TPSA) is 63.4 Å². The van der Waals surface area contributed by atoms with Crippen molar-refractivity contribution in [1.82, 2.24) is 23.6 Å². The highest BCUT2D eigenvalue weighted by molar-refractivity contribution is 7.88. The molecule has 146 valence electrons. The molecule has 0 spiro atoms. The van der Waals surface area contributed by atoms with Gasteiger partial charge in [0.2, 0.25) is 10.0 Å². The van der Waals surface area contributed by atoms with Gasteiger partial charge in [-0.25, -0.2) is 13.1 Å². The predicted octanol–water partition coefficient (Wildman–Crippen LogP) is 2.16. The van der Waals surface area contributed by atoms with Gasteiger partial charge < -0.3 is 4.57 Å². The maximum absolute atomic E-state index is 12.7. The molecule has 0 unspecified atom stereocenters.